The van der Waals surface area contributed by atoms with Gasteiger partial charge >= 0.3 is 0 Å². The molecule has 0 saturated carbocycles. The molecule has 0 aliphatic carbocycles. The number of carbonyl (C=O) groups is 1. The van der Waals surface area contributed by atoms with Crippen LogP contribution in [0.1, 0.15) is 31.4 Å². The van der Waals surface area contributed by atoms with Gasteiger partial charge in [-0.05, 0) is 35.6 Å². The largest absolute Gasteiger partial charge is 0.382 e. The highest BCUT2D eigenvalue weighted by atomic mass is 16.6. The predicted octanol–water partition coefficient (Wildman–Crippen LogP) is 3.94. The van der Waals surface area contributed by atoms with Gasteiger partial charge in [0.2, 0.25) is 6.10 Å². The second kappa shape index (κ2) is 8.47. The number of oxime groups is 1. The van der Waals surface area contributed by atoms with Gasteiger partial charge in [0.1, 0.15) is 0 Å². The smallest absolute Gasteiger partial charge is 0.267 e. The molecule has 6 nitrogen and oxygen atoms in total. The normalized spacial score (nSPS) is 16.1. The Morgan fingerprint density at radius 1 is 1.28 bits per heavy atom. The number of hydrogen-bond donors (Lipinski definition) is 1. The number of nitrogens with one attached hydrogen (secondary N) is 1. The van der Waals surface area contributed by atoms with Crippen LogP contribution in [0.5, 0.6) is 0 Å². The van der Waals surface area contributed by atoms with Gasteiger partial charge < -0.3 is 14.7 Å². The third kappa shape index (κ3) is 4.31. The van der Waals surface area contributed by atoms with Crippen molar-refractivity contribution in [1.29, 1.82) is 0 Å². The average Bonchev–Trinajstić information content (AvgIpc) is 3.39. The van der Waals surface area contributed by atoms with Crippen LogP contribution in [0.3, 0.4) is 0 Å². The summed E-state index contributed by atoms with van der Waals surface area (Å²) in [7, 11) is 0. The minimum Gasteiger partial charge on any atom is -0.382 e. The van der Waals surface area contributed by atoms with Crippen molar-refractivity contribution in [3.05, 3.63) is 66.1 Å². The van der Waals surface area contributed by atoms with Crippen LogP contribution in [-0.2, 0) is 22.6 Å². The van der Waals surface area contributed by atoms with Crippen LogP contribution in [0.15, 0.2) is 60.1 Å². The molecule has 0 fully saturated rings. The van der Waals surface area contributed by atoms with Gasteiger partial charge in [0.25, 0.3) is 5.91 Å². The fraction of sp³-hybridized carbons (Fsp3) is 0.348. The number of benzene rings is 1. The van der Waals surface area contributed by atoms with Crippen LogP contribution in [0.4, 0.5) is 0 Å². The Morgan fingerprint density at radius 2 is 2.14 bits per heavy atom. The van der Waals surface area contributed by atoms with Crippen LogP contribution in [0, 0.1) is 5.92 Å². The van der Waals surface area contributed by atoms with E-state index in [4.69, 9.17) is 4.84 Å². The highest BCUT2D eigenvalue weighted by Crippen LogP contribution is 2.21. The Hall–Kier alpha value is -3.15. The summed E-state index contributed by atoms with van der Waals surface area (Å²) in [6, 6.07) is 12.1. The Morgan fingerprint density at radius 3 is 2.90 bits per heavy atom. The molecule has 1 aliphatic heterocycles. The summed E-state index contributed by atoms with van der Waals surface area (Å²) in [6.45, 7) is 5.25. The lowest BCUT2D eigenvalue weighted by Crippen LogP contribution is -2.40. The molecule has 6 heteroatoms. The zero-order valence-corrected chi connectivity index (χ0v) is 16.8. The van der Waals surface area contributed by atoms with Gasteiger partial charge in [-0.2, -0.15) is 0 Å². The van der Waals surface area contributed by atoms with Crippen molar-refractivity contribution in [1.82, 2.24) is 14.9 Å². The highest BCUT2D eigenvalue weighted by Gasteiger charge is 2.32. The number of pyridine rings is 1. The second-order valence-corrected chi connectivity index (χ2v) is 7.77. The first-order chi connectivity index (χ1) is 14.1. The number of amides is 1. The summed E-state index contributed by atoms with van der Waals surface area (Å²) in [5.41, 5.74) is 4.27. The third-order valence-corrected chi connectivity index (χ3v) is 5.37. The topological polar surface area (TPSA) is 70.6 Å². The van der Waals surface area contributed by atoms with E-state index < -0.39 is 6.10 Å². The zero-order valence-electron chi connectivity index (χ0n) is 16.8. The van der Waals surface area contributed by atoms with Gasteiger partial charge in [0.15, 0.2) is 0 Å². The third-order valence-electron chi connectivity index (χ3n) is 5.37. The van der Waals surface area contributed by atoms with Gasteiger partial charge in [0, 0.05) is 49.0 Å². The van der Waals surface area contributed by atoms with Crippen molar-refractivity contribution in [2.45, 2.75) is 39.3 Å². The standard InChI is InChI=1S/C23H26N4O2/c1-16(2)21-12-22(29-26-21)23(28)27(15-17-6-5-10-24-13-17)11-9-18-14-25-20-8-4-3-7-19(18)20/h3-8,10,13-14,16,22,25H,9,11-12,15H2,1-2H3. The van der Waals surface area contributed by atoms with Crippen LogP contribution in [0.25, 0.3) is 10.9 Å². The molecule has 2 aromatic heterocycles. The van der Waals surface area contributed by atoms with Crippen LogP contribution in [0.2, 0.25) is 0 Å². The lowest BCUT2D eigenvalue weighted by molar-refractivity contribution is -0.142. The average molecular weight is 390 g/mol. The van der Waals surface area contributed by atoms with Crippen molar-refractivity contribution < 1.29 is 9.63 Å². The molecule has 0 radical (unpaired) electrons. The Kier molecular flexibility index (Phi) is 5.60. The van der Waals surface area contributed by atoms with Crippen molar-refractivity contribution in [2.75, 3.05) is 6.54 Å². The zero-order chi connectivity index (χ0) is 20.2. The molecule has 1 N–H and O–H groups in total. The van der Waals surface area contributed by atoms with Gasteiger partial charge in [0.05, 0.1) is 5.71 Å². The molecule has 1 unspecified atom stereocenters. The Bertz CT molecular complexity index is 1010. The quantitative estimate of drug-likeness (QED) is 0.664. The molecule has 0 bridgehead atoms. The maximum Gasteiger partial charge on any atom is 0.267 e. The molecule has 1 aliphatic rings. The number of aromatic amines is 1. The maximum atomic E-state index is 13.2. The number of hydrogen-bond acceptors (Lipinski definition) is 4. The van der Waals surface area contributed by atoms with E-state index >= 15 is 0 Å². The number of H-pyrrole nitrogens is 1. The molecule has 0 spiro atoms. The minimum absolute atomic E-state index is 0.0203. The molecule has 0 saturated heterocycles. The first kappa shape index (κ1) is 19.2. The first-order valence-corrected chi connectivity index (χ1v) is 10.1. The summed E-state index contributed by atoms with van der Waals surface area (Å²) in [5.74, 6) is 0.263. The molecule has 1 aromatic carbocycles. The molecule has 150 valence electrons. The van der Waals surface area contributed by atoms with E-state index in [1.54, 1.807) is 12.4 Å². The first-order valence-electron chi connectivity index (χ1n) is 10.1. The number of nitrogens with zero attached hydrogens (tertiary/aromatic N) is 3. The van der Waals surface area contributed by atoms with Crippen molar-refractivity contribution in [2.24, 2.45) is 11.1 Å². The Labute approximate surface area is 170 Å². The molecule has 29 heavy (non-hydrogen) atoms. The van der Waals surface area contributed by atoms with Crippen LogP contribution in [-0.4, -0.2) is 39.1 Å². The van der Waals surface area contributed by atoms with Crippen molar-refractivity contribution in [3.8, 4) is 0 Å². The van der Waals surface area contributed by atoms with E-state index in [2.05, 4.69) is 41.1 Å². The lowest BCUT2D eigenvalue weighted by atomic mass is 10.0. The van der Waals surface area contributed by atoms with Crippen LogP contribution < -0.4 is 0 Å². The van der Waals surface area contributed by atoms with Gasteiger partial charge in [-0.15, -0.1) is 0 Å². The van der Waals surface area contributed by atoms with E-state index in [9.17, 15) is 4.79 Å². The molecule has 1 atom stereocenters. The second-order valence-electron chi connectivity index (χ2n) is 7.77. The molecule has 1 amide bonds. The summed E-state index contributed by atoms with van der Waals surface area (Å²) < 4.78 is 0. The van der Waals surface area contributed by atoms with E-state index in [1.165, 1.54) is 10.9 Å². The van der Waals surface area contributed by atoms with E-state index in [-0.39, 0.29) is 11.8 Å². The van der Waals surface area contributed by atoms with Crippen LogP contribution >= 0.6 is 0 Å². The highest BCUT2D eigenvalue weighted by molar-refractivity contribution is 5.93. The predicted molar refractivity (Wildman–Crippen MR) is 113 cm³/mol. The summed E-state index contributed by atoms with van der Waals surface area (Å²) in [6.07, 6.45) is 6.37. The van der Waals surface area contributed by atoms with Crippen molar-refractivity contribution >= 4 is 22.5 Å². The summed E-state index contributed by atoms with van der Waals surface area (Å²) >= 11 is 0. The van der Waals surface area contributed by atoms with Gasteiger partial charge in [-0.3, -0.25) is 9.78 Å². The maximum absolute atomic E-state index is 13.2. The van der Waals surface area contributed by atoms with Gasteiger partial charge in [-0.1, -0.05) is 43.3 Å². The number of aromatic nitrogens is 2. The fourth-order valence-electron chi connectivity index (χ4n) is 3.65. The molecular weight excluding hydrogens is 364 g/mol. The number of para-hydroxylation sites is 1. The molecule has 3 heterocycles. The monoisotopic (exact) mass is 390 g/mol. The van der Waals surface area contributed by atoms with Gasteiger partial charge in [-0.25, -0.2) is 0 Å². The Balaban J connectivity index is 1.50. The van der Waals surface area contributed by atoms with E-state index in [0.717, 1.165) is 23.2 Å². The molecule has 4 rings (SSSR count). The van der Waals surface area contributed by atoms with Crippen molar-refractivity contribution in [3.63, 3.8) is 0 Å². The number of rotatable bonds is 7. The molecular formula is C23H26N4O2. The lowest BCUT2D eigenvalue weighted by Gasteiger charge is -2.25. The number of fused-ring (bicyclic) bond motifs is 1. The fourth-order valence-corrected chi connectivity index (χ4v) is 3.65. The van der Waals surface area contributed by atoms with E-state index in [1.807, 2.05) is 35.4 Å². The molecule has 3 aromatic rings. The summed E-state index contributed by atoms with van der Waals surface area (Å²) in [4.78, 5) is 28.1. The minimum atomic E-state index is -0.535. The van der Waals surface area contributed by atoms with E-state index in [0.29, 0.717) is 19.5 Å². The number of carbonyl (C=O) groups excluding carboxylic acids is 1. The summed E-state index contributed by atoms with van der Waals surface area (Å²) in [5, 5.41) is 5.33. The SMILES string of the molecule is CC(C)C1=NOC(C(=O)N(CCc2c[nH]c3ccccc23)Cc2cccnc2)C1.